The summed E-state index contributed by atoms with van der Waals surface area (Å²) in [6, 6.07) is 4.45. The lowest BCUT2D eigenvalue weighted by molar-refractivity contribution is 0.0994. The Morgan fingerprint density at radius 3 is 2.43 bits per heavy atom. The third kappa shape index (κ3) is 1.08. The molecule has 0 spiro atoms. The average molecular weight is 187 g/mol. The number of carbonyl (C=O) groups excluding carboxylic acids is 2. The largest absolute Gasteiger partial charge is 0.289 e. The molecule has 0 saturated heterocycles. The second-order valence-electron chi connectivity index (χ2n) is 2.85. The highest BCUT2D eigenvalue weighted by atomic mass is 16.3. The predicted octanol–water partition coefficient (Wildman–Crippen LogP) is 2.02. The van der Waals surface area contributed by atoms with E-state index in [2.05, 4.69) is 5.18 Å². The fourth-order valence-electron chi connectivity index (χ4n) is 1.40. The molecule has 0 unspecified atom stereocenters. The number of carbonyl (C=O) groups is 2. The van der Waals surface area contributed by atoms with Gasteiger partial charge in [0.15, 0.2) is 11.6 Å². The number of fused-ring (bicyclic) bond motifs is 1. The van der Waals surface area contributed by atoms with Crippen LogP contribution in [0.4, 0.5) is 5.69 Å². The Labute approximate surface area is 79.2 Å². The van der Waals surface area contributed by atoms with Gasteiger partial charge < -0.3 is 0 Å². The van der Waals surface area contributed by atoms with Crippen LogP contribution in [0.5, 0.6) is 0 Å². The number of benzene rings is 1. The quantitative estimate of drug-likeness (QED) is 0.631. The SMILES string of the molecule is O=Nc1cccc2c1C(=O)C=CC2=O. The number of hydrogen-bond acceptors (Lipinski definition) is 4. The summed E-state index contributed by atoms with van der Waals surface area (Å²) in [6.45, 7) is 0. The lowest BCUT2D eigenvalue weighted by atomic mass is 9.93. The molecule has 0 fully saturated rings. The monoisotopic (exact) mass is 187 g/mol. The van der Waals surface area contributed by atoms with E-state index < -0.39 is 0 Å². The molecule has 4 heteroatoms. The first-order chi connectivity index (χ1) is 6.74. The minimum Gasteiger partial charge on any atom is -0.289 e. The van der Waals surface area contributed by atoms with E-state index in [1.54, 1.807) is 0 Å². The molecule has 0 N–H and O–H groups in total. The van der Waals surface area contributed by atoms with Gasteiger partial charge >= 0.3 is 0 Å². The zero-order valence-electron chi connectivity index (χ0n) is 7.06. The first-order valence-corrected chi connectivity index (χ1v) is 3.97. The second-order valence-corrected chi connectivity index (χ2v) is 2.85. The van der Waals surface area contributed by atoms with Crippen molar-refractivity contribution in [1.29, 1.82) is 0 Å². The van der Waals surface area contributed by atoms with E-state index in [1.807, 2.05) is 0 Å². The van der Waals surface area contributed by atoms with Crippen molar-refractivity contribution < 1.29 is 9.59 Å². The summed E-state index contributed by atoms with van der Waals surface area (Å²) in [7, 11) is 0. The van der Waals surface area contributed by atoms with Crippen molar-refractivity contribution in [2.45, 2.75) is 0 Å². The van der Waals surface area contributed by atoms with Crippen LogP contribution in [-0.4, -0.2) is 11.6 Å². The van der Waals surface area contributed by atoms with E-state index in [0.717, 1.165) is 6.08 Å². The normalized spacial score (nSPS) is 14.0. The van der Waals surface area contributed by atoms with Gasteiger partial charge in [-0.3, -0.25) is 9.59 Å². The molecule has 0 bridgehead atoms. The Balaban J connectivity index is 2.77. The number of hydrogen-bond donors (Lipinski definition) is 0. The highest BCUT2D eigenvalue weighted by Crippen LogP contribution is 2.26. The van der Waals surface area contributed by atoms with Crippen molar-refractivity contribution in [3.8, 4) is 0 Å². The molecule has 14 heavy (non-hydrogen) atoms. The summed E-state index contributed by atoms with van der Waals surface area (Å²) in [5, 5.41) is 2.71. The smallest absolute Gasteiger partial charge is 0.189 e. The van der Waals surface area contributed by atoms with Gasteiger partial charge in [-0.2, -0.15) is 0 Å². The predicted molar refractivity (Wildman–Crippen MR) is 49.7 cm³/mol. The molecular formula is C10H5NO3. The van der Waals surface area contributed by atoms with E-state index >= 15 is 0 Å². The van der Waals surface area contributed by atoms with Gasteiger partial charge in [0.05, 0.1) is 5.56 Å². The van der Waals surface area contributed by atoms with E-state index in [4.69, 9.17) is 0 Å². The Morgan fingerprint density at radius 1 is 1.00 bits per heavy atom. The number of allylic oxidation sites excluding steroid dienone is 2. The first-order valence-electron chi connectivity index (χ1n) is 3.97. The zero-order chi connectivity index (χ0) is 10.1. The summed E-state index contributed by atoms with van der Waals surface area (Å²) in [6.07, 6.45) is 2.35. The van der Waals surface area contributed by atoms with Crippen molar-refractivity contribution >= 4 is 17.3 Å². The molecule has 1 aromatic carbocycles. The molecule has 0 atom stereocenters. The second kappa shape index (κ2) is 2.99. The lowest BCUT2D eigenvalue weighted by Gasteiger charge is -2.08. The summed E-state index contributed by atoms with van der Waals surface area (Å²) in [5.74, 6) is -0.625. The van der Waals surface area contributed by atoms with E-state index in [0.29, 0.717) is 0 Å². The summed E-state index contributed by atoms with van der Waals surface area (Å²) < 4.78 is 0. The van der Waals surface area contributed by atoms with Crippen LogP contribution in [0.3, 0.4) is 0 Å². The van der Waals surface area contributed by atoms with Gasteiger partial charge in [-0.15, -0.1) is 4.91 Å². The van der Waals surface area contributed by atoms with Gasteiger partial charge in [0.25, 0.3) is 0 Å². The molecule has 2 rings (SSSR count). The molecule has 68 valence electrons. The van der Waals surface area contributed by atoms with Crippen molar-refractivity contribution in [3.63, 3.8) is 0 Å². The van der Waals surface area contributed by atoms with Gasteiger partial charge in [-0.05, 0) is 23.4 Å². The lowest BCUT2D eigenvalue weighted by Crippen LogP contribution is -2.11. The van der Waals surface area contributed by atoms with Crippen LogP contribution < -0.4 is 0 Å². The maximum atomic E-state index is 11.4. The molecule has 0 saturated carbocycles. The van der Waals surface area contributed by atoms with Crippen molar-refractivity contribution in [2.75, 3.05) is 0 Å². The Morgan fingerprint density at radius 2 is 1.71 bits per heavy atom. The zero-order valence-corrected chi connectivity index (χ0v) is 7.06. The van der Waals surface area contributed by atoms with Crippen molar-refractivity contribution in [1.82, 2.24) is 0 Å². The van der Waals surface area contributed by atoms with Crippen molar-refractivity contribution in [3.05, 3.63) is 46.4 Å². The standard InChI is InChI=1S/C10H5NO3/c12-8-4-5-9(13)10-6(8)2-1-3-7(10)11-14/h1-5H. The van der Waals surface area contributed by atoms with Crippen LogP contribution in [0.1, 0.15) is 20.7 Å². The molecule has 0 heterocycles. The fraction of sp³-hybridized carbons (Fsp3) is 0. The fourth-order valence-corrected chi connectivity index (χ4v) is 1.40. The molecule has 1 aromatic rings. The van der Waals surface area contributed by atoms with Crippen LogP contribution in [0.25, 0.3) is 0 Å². The van der Waals surface area contributed by atoms with Crippen LogP contribution in [0, 0.1) is 4.91 Å². The van der Waals surface area contributed by atoms with Gasteiger partial charge in [0.2, 0.25) is 0 Å². The van der Waals surface area contributed by atoms with Gasteiger partial charge in [0, 0.05) is 5.56 Å². The third-order valence-corrected chi connectivity index (χ3v) is 2.04. The molecule has 0 radical (unpaired) electrons. The molecular weight excluding hydrogens is 182 g/mol. The summed E-state index contributed by atoms with van der Waals surface area (Å²) in [5.41, 5.74) is 0.370. The van der Waals surface area contributed by atoms with Gasteiger partial charge in [-0.25, -0.2) is 0 Å². The molecule has 1 aliphatic rings. The summed E-state index contributed by atoms with van der Waals surface area (Å²) >= 11 is 0. The molecule has 0 amide bonds. The minimum absolute atomic E-state index is 0.0187. The maximum absolute atomic E-state index is 11.4. The first kappa shape index (κ1) is 8.50. The van der Waals surface area contributed by atoms with E-state index in [-0.39, 0.29) is 28.4 Å². The van der Waals surface area contributed by atoms with E-state index in [9.17, 15) is 14.5 Å². The van der Waals surface area contributed by atoms with Crippen LogP contribution in [-0.2, 0) is 0 Å². The number of nitroso groups, excluding NO2 is 1. The number of ketones is 2. The topological polar surface area (TPSA) is 63.6 Å². The maximum Gasteiger partial charge on any atom is 0.189 e. The Kier molecular flexibility index (Phi) is 1.81. The van der Waals surface area contributed by atoms with Gasteiger partial charge in [0.1, 0.15) is 5.69 Å². The molecule has 0 aromatic heterocycles. The average Bonchev–Trinajstić information content (AvgIpc) is 2.23. The van der Waals surface area contributed by atoms with Crippen LogP contribution in [0.15, 0.2) is 35.5 Å². The van der Waals surface area contributed by atoms with Gasteiger partial charge in [-0.1, -0.05) is 12.1 Å². The summed E-state index contributed by atoms with van der Waals surface area (Å²) in [4.78, 5) is 33.1. The van der Waals surface area contributed by atoms with E-state index in [1.165, 1.54) is 24.3 Å². The Bertz CT molecular complexity index is 474. The third-order valence-electron chi connectivity index (χ3n) is 2.04. The highest BCUT2D eigenvalue weighted by Gasteiger charge is 2.22. The number of rotatable bonds is 1. The minimum atomic E-state index is -0.352. The number of nitrogens with zero attached hydrogens (tertiary/aromatic N) is 1. The van der Waals surface area contributed by atoms with Crippen LogP contribution in [0.2, 0.25) is 0 Å². The molecule has 4 nitrogen and oxygen atoms in total. The van der Waals surface area contributed by atoms with Crippen molar-refractivity contribution in [2.24, 2.45) is 5.18 Å². The van der Waals surface area contributed by atoms with Crippen LogP contribution >= 0.6 is 0 Å². The molecule has 0 aliphatic heterocycles. The Hall–Kier alpha value is -2.10. The molecule has 1 aliphatic carbocycles. The highest BCUT2D eigenvalue weighted by molar-refractivity contribution is 6.23.